The van der Waals surface area contributed by atoms with E-state index in [9.17, 15) is 4.79 Å². The van der Waals surface area contributed by atoms with E-state index in [4.69, 9.17) is 4.74 Å². The van der Waals surface area contributed by atoms with Crippen molar-refractivity contribution in [3.05, 3.63) is 0 Å². The van der Waals surface area contributed by atoms with Crippen molar-refractivity contribution in [2.75, 3.05) is 33.3 Å². The van der Waals surface area contributed by atoms with Gasteiger partial charge in [-0.05, 0) is 39.2 Å². The first-order valence-electron chi connectivity index (χ1n) is 7.67. The van der Waals surface area contributed by atoms with E-state index < -0.39 is 0 Å². The highest BCUT2D eigenvalue weighted by molar-refractivity contribution is 5.85. The number of nitrogens with one attached hydrogen (secondary N) is 1. The van der Waals surface area contributed by atoms with Crippen LogP contribution in [0.2, 0.25) is 0 Å². The predicted octanol–water partition coefficient (Wildman–Crippen LogP) is 1.68. The molecule has 0 radical (unpaired) electrons. The maximum absolute atomic E-state index is 12.8. The molecule has 0 aromatic heterocycles. The van der Waals surface area contributed by atoms with E-state index >= 15 is 0 Å². The number of methoxy groups -OCH3 is 1. The van der Waals surface area contributed by atoms with E-state index in [2.05, 4.69) is 17.1 Å². The highest BCUT2D eigenvalue weighted by Crippen LogP contribution is 2.40. The molecule has 1 amide bonds. The standard InChI is InChI=1S/C15H26N2O2.ClH/c1-15(6-3-7-16-10-15)14(18)17-8-11-4-5-12(9-17)13(11)19-2;/h11-13,16H,3-10H2,1-2H3;1H/t11-,12+,13?,15?;. The summed E-state index contributed by atoms with van der Waals surface area (Å²) < 4.78 is 5.63. The Morgan fingerprint density at radius 1 is 1.30 bits per heavy atom. The van der Waals surface area contributed by atoms with E-state index in [1.807, 2.05) is 7.11 Å². The minimum Gasteiger partial charge on any atom is -0.381 e. The molecule has 3 rings (SSSR count). The number of ether oxygens (including phenoxy) is 1. The number of rotatable bonds is 2. The minimum atomic E-state index is -0.183. The van der Waals surface area contributed by atoms with Crippen molar-refractivity contribution >= 4 is 18.3 Å². The zero-order valence-corrected chi connectivity index (χ0v) is 13.4. The second-order valence-electron chi connectivity index (χ2n) is 6.85. The van der Waals surface area contributed by atoms with Crippen LogP contribution < -0.4 is 5.32 Å². The average Bonchev–Trinajstić information content (AvgIpc) is 2.67. The molecule has 2 heterocycles. The van der Waals surface area contributed by atoms with Crippen LogP contribution in [0.4, 0.5) is 0 Å². The number of likely N-dealkylation sites (tertiary alicyclic amines) is 1. The molecule has 1 aliphatic carbocycles. The molecule has 0 aromatic rings. The number of amides is 1. The molecule has 20 heavy (non-hydrogen) atoms. The lowest BCUT2D eigenvalue weighted by Crippen LogP contribution is -2.55. The number of carbonyl (C=O) groups is 1. The number of fused-ring (bicyclic) bond motifs is 2. The summed E-state index contributed by atoms with van der Waals surface area (Å²) in [5, 5.41) is 3.38. The largest absolute Gasteiger partial charge is 0.381 e. The van der Waals surface area contributed by atoms with Gasteiger partial charge in [-0.2, -0.15) is 0 Å². The zero-order valence-electron chi connectivity index (χ0n) is 12.6. The van der Waals surface area contributed by atoms with Crippen LogP contribution in [0.5, 0.6) is 0 Å². The van der Waals surface area contributed by atoms with Gasteiger partial charge in [-0.15, -0.1) is 12.4 Å². The minimum absolute atomic E-state index is 0. The van der Waals surface area contributed by atoms with Gasteiger partial charge >= 0.3 is 0 Å². The highest BCUT2D eigenvalue weighted by atomic mass is 35.5. The van der Waals surface area contributed by atoms with Crippen molar-refractivity contribution in [3.63, 3.8) is 0 Å². The summed E-state index contributed by atoms with van der Waals surface area (Å²) in [6, 6.07) is 0. The predicted molar refractivity (Wildman–Crippen MR) is 81.0 cm³/mol. The molecular formula is C15H27ClN2O2. The summed E-state index contributed by atoms with van der Waals surface area (Å²) >= 11 is 0. The topological polar surface area (TPSA) is 41.6 Å². The Kier molecular flexibility index (Phi) is 4.98. The SMILES string of the molecule is COC1[C@@H]2CC[C@H]1CN(C(=O)C1(C)CCCNC1)C2.Cl. The summed E-state index contributed by atoms with van der Waals surface area (Å²) in [5.74, 6) is 1.49. The van der Waals surface area contributed by atoms with Gasteiger partial charge in [-0.1, -0.05) is 0 Å². The molecule has 4 atom stereocenters. The lowest BCUT2D eigenvalue weighted by molar-refractivity contribution is -0.147. The van der Waals surface area contributed by atoms with Crippen molar-refractivity contribution in [1.29, 1.82) is 0 Å². The Morgan fingerprint density at radius 3 is 2.45 bits per heavy atom. The average molecular weight is 303 g/mol. The molecule has 2 aliphatic heterocycles. The smallest absolute Gasteiger partial charge is 0.229 e. The third-order valence-electron chi connectivity index (χ3n) is 5.42. The number of nitrogens with zero attached hydrogens (tertiary/aromatic N) is 1. The Balaban J connectivity index is 0.00000147. The number of carbonyl (C=O) groups excluding carboxylic acids is 1. The van der Waals surface area contributed by atoms with Crippen molar-refractivity contribution in [2.45, 2.75) is 38.7 Å². The summed E-state index contributed by atoms with van der Waals surface area (Å²) in [6.07, 6.45) is 4.98. The van der Waals surface area contributed by atoms with Gasteiger partial charge < -0.3 is 15.0 Å². The fraction of sp³-hybridized carbons (Fsp3) is 0.933. The first-order chi connectivity index (χ1) is 9.14. The van der Waals surface area contributed by atoms with Crippen LogP contribution in [0.3, 0.4) is 0 Å². The van der Waals surface area contributed by atoms with Crippen LogP contribution in [0.1, 0.15) is 32.6 Å². The van der Waals surface area contributed by atoms with Crippen LogP contribution in [0, 0.1) is 17.3 Å². The summed E-state index contributed by atoms with van der Waals surface area (Å²) in [5.41, 5.74) is -0.183. The van der Waals surface area contributed by atoms with Gasteiger partial charge in [0.2, 0.25) is 5.91 Å². The molecule has 5 heteroatoms. The van der Waals surface area contributed by atoms with Gasteiger partial charge in [0.1, 0.15) is 0 Å². The molecule has 0 aromatic carbocycles. The molecule has 3 fully saturated rings. The lowest BCUT2D eigenvalue weighted by atomic mass is 9.80. The Labute approximate surface area is 128 Å². The number of hydrogen-bond acceptors (Lipinski definition) is 3. The van der Waals surface area contributed by atoms with Gasteiger partial charge in [0.05, 0.1) is 11.5 Å². The van der Waals surface area contributed by atoms with Gasteiger partial charge in [0, 0.05) is 38.6 Å². The monoisotopic (exact) mass is 302 g/mol. The fourth-order valence-corrected chi connectivity index (χ4v) is 4.34. The normalized spacial score (nSPS) is 40.3. The first-order valence-corrected chi connectivity index (χ1v) is 7.67. The van der Waals surface area contributed by atoms with Gasteiger partial charge in [0.25, 0.3) is 0 Å². The molecule has 0 spiro atoms. The van der Waals surface area contributed by atoms with Crippen molar-refractivity contribution in [3.8, 4) is 0 Å². The maximum Gasteiger partial charge on any atom is 0.229 e. The first kappa shape index (κ1) is 16.1. The maximum atomic E-state index is 12.8. The second-order valence-corrected chi connectivity index (χ2v) is 6.85. The van der Waals surface area contributed by atoms with Crippen molar-refractivity contribution < 1.29 is 9.53 Å². The van der Waals surface area contributed by atoms with Crippen LogP contribution >= 0.6 is 12.4 Å². The Bertz CT molecular complexity index is 344. The second kappa shape index (κ2) is 6.20. The summed E-state index contributed by atoms with van der Waals surface area (Å²) in [6.45, 7) is 5.84. The van der Waals surface area contributed by atoms with Crippen LogP contribution in [-0.4, -0.2) is 50.2 Å². The van der Waals surface area contributed by atoms with Gasteiger partial charge in [0.15, 0.2) is 0 Å². The van der Waals surface area contributed by atoms with Gasteiger partial charge in [-0.25, -0.2) is 0 Å². The fourth-order valence-electron chi connectivity index (χ4n) is 4.34. The Morgan fingerprint density at radius 2 is 1.95 bits per heavy atom. The molecule has 1 N–H and O–H groups in total. The number of halogens is 1. The van der Waals surface area contributed by atoms with E-state index in [1.165, 1.54) is 12.8 Å². The number of hydrogen-bond donors (Lipinski definition) is 1. The molecular weight excluding hydrogens is 276 g/mol. The molecule has 116 valence electrons. The van der Waals surface area contributed by atoms with E-state index in [-0.39, 0.29) is 17.8 Å². The van der Waals surface area contributed by atoms with E-state index in [1.54, 1.807) is 0 Å². The molecule has 1 saturated carbocycles. The molecule has 3 aliphatic rings. The third kappa shape index (κ3) is 2.70. The van der Waals surface area contributed by atoms with Crippen LogP contribution in [0.15, 0.2) is 0 Å². The van der Waals surface area contributed by atoms with Crippen molar-refractivity contribution in [2.24, 2.45) is 17.3 Å². The Hall–Kier alpha value is -0.320. The molecule has 2 unspecified atom stereocenters. The quantitative estimate of drug-likeness (QED) is 0.844. The zero-order chi connectivity index (χ0) is 13.5. The summed E-state index contributed by atoms with van der Waals surface area (Å²) in [7, 11) is 1.82. The molecule has 2 saturated heterocycles. The van der Waals surface area contributed by atoms with Crippen LogP contribution in [-0.2, 0) is 9.53 Å². The van der Waals surface area contributed by atoms with Crippen molar-refractivity contribution in [1.82, 2.24) is 10.2 Å². The molecule has 4 nitrogen and oxygen atoms in total. The van der Waals surface area contributed by atoms with E-state index in [0.717, 1.165) is 39.0 Å². The number of piperidine rings is 2. The summed E-state index contributed by atoms with van der Waals surface area (Å²) in [4.78, 5) is 15.0. The third-order valence-corrected chi connectivity index (χ3v) is 5.42. The van der Waals surface area contributed by atoms with E-state index in [0.29, 0.717) is 23.8 Å². The lowest BCUT2D eigenvalue weighted by Gasteiger charge is -2.42. The highest BCUT2D eigenvalue weighted by Gasteiger charge is 2.46. The molecule has 2 bridgehead atoms. The van der Waals surface area contributed by atoms with Gasteiger partial charge in [-0.3, -0.25) is 4.79 Å². The van der Waals surface area contributed by atoms with Crippen LogP contribution in [0.25, 0.3) is 0 Å².